The second kappa shape index (κ2) is 6.99. The molecule has 4 rings (SSSR count). The fourth-order valence-corrected chi connectivity index (χ4v) is 2.83. The summed E-state index contributed by atoms with van der Waals surface area (Å²) >= 11 is 0. The van der Waals surface area contributed by atoms with E-state index in [1.807, 2.05) is 49.0 Å². The Morgan fingerprint density at radius 1 is 1.15 bits per heavy atom. The van der Waals surface area contributed by atoms with Gasteiger partial charge in [0.1, 0.15) is 0 Å². The van der Waals surface area contributed by atoms with E-state index in [9.17, 15) is 4.79 Å². The fourth-order valence-electron chi connectivity index (χ4n) is 2.83. The minimum Gasteiger partial charge on any atom is -0.348 e. The zero-order valence-electron chi connectivity index (χ0n) is 15.1. The Labute approximate surface area is 155 Å². The van der Waals surface area contributed by atoms with E-state index in [-0.39, 0.29) is 11.9 Å². The van der Waals surface area contributed by atoms with Gasteiger partial charge in [0.2, 0.25) is 0 Å². The lowest BCUT2D eigenvalue weighted by molar-refractivity contribution is 0.0950. The van der Waals surface area contributed by atoms with Crippen LogP contribution >= 0.6 is 0 Å². The fraction of sp³-hybridized carbons (Fsp3) is 0.211. The number of nitrogens with zero attached hydrogens (tertiary/aromatic N) is 6. The zero-order valence-corrected chi connectivity index (χ0v) is 15.1. The number of pyridine rings is 2. The number of carbonyl (C=O) groups excluding carboxylic acids is 1. The van der Waals surface area contributed by atoms with Crippen molar-refractivity contribution < 1.29 is 4.79 Å². The quantitative estimate of drug-likeness (QED) is 0.590. The van der Waals surface area contributed by atoms with Crippen LogP contribution in [-0.4, -0.2) is 35.4 Å². The average Bonchev–Trinajstić information content (AvgIpc) is 3.35. The van der Waals surface area contributed by atoms with Gasteiger partial charge >= 0.3 is 0 Å². The molecule has 0 aliphatic heterocycles. The Hall–Kier alpha value is -3.55. The second-order valence-electron chi connectivity index (χ2n) is 6.48. The van der Waals surface area contributed by atoms with Crippen LogP contribution in [0.25, 0.3) is 16.9 Å². The third-order valence-corrected chi connectivity index (χ3v) is 4.19. The number of rotatable bonds is 5. The molecule has 0 aromatic carbocycles. The number of nitrogens with one attached hydrogen (secondary N) is 1. The summed E-state index contributed by atoms with van der Waals surface area (Å²) in [7, 11) is 0. The lowest BCUT2D eigenvalue weighted by Gasteiger charge is -2.08. The van der Waals surface area contributed by atoms with E-state index in [1.54, 1.807) is 29.5 Å². The van der Waals surface area contributed by atoms with Crippen molar-refractivity contribution in [2.75, 3.05) is 0 Å². The molecule has 0 fully saturated rings. The number of hydrogen-bond donors (Lipinski definition) is 1. The van der Waals surface area contributed by atoms with E-state index < -0.39 is 0 Å². The van der Waals surface area contributed by atoms with Gasteiger partial charge in [-0.15, -0.1) is 0 Å². The average molecular weight is 361 g/mol. The van der Waals surface area contributed by atoms with Gasteiger partial charge in [-0.1, -0.05) is 0 Å². The van der Waals surface area contributed by atoms with E-state index in [1.165, 1.54) is 0 Å². The van der Waals surface area contributed by atoms with Crippen molar-refractivity contribution in [1.82, 2.24) is 34.8 Å². The highest BCUT2D eigenvalue weighted by atomic mass is 16.1. The zero-order chi connectivity index (χ0) is 18.8. The molecule has 27 heavy (non-hydrogen) atoms. The molecule has 4 aromatic rings. The van der Waals surface area contributed by atoms with Crippen molar-refractivity contribution in [3.63, 3.8) is 0 Å². The van der Waals surface area contributed by atoms with Crippen LogP contribution in [0.15, 0.2) is 55.2 Å². The first kappa shape index (κ1) is 16.9. The third-order valence-electron chi connectivity index (χ3n) is 4.19. The van der Waals surface area contributed by atoms with Crippen molar-refractivity contribution in [1.29, 1.82) is 0 Å². The lowest BCUT2D eigenvalue weighted by Crippen LogP contribution is -2.23. The van der Waals surface area contributed by atoms with E-state index in [2.05, 4.69) is 25.5 Å². The van der Waals surface area contributed by atoms with Crippen molar-refractivity contribution in [2.24, 2.45) is 0 Å². The smallest absolute Gasteiger partial charge is 0.253 e. The first-order valence-corrected chi connectivity index (χ1v) is 8.68. The van der Waals surface area contributed by atoms with Gasteiger partial charge in [0.15, 0.2) is 11.5 Å². The van der Waals surface area contributed by atoms with Crippen LogP contribution in [0, 0.1) is 0 Å². The van der Waals surface area contributed by atoms with Crippen LogP contribution in [0.2, 0.25) is 0 Å². The van der Waals surface area contributed by atoms with Crippen LogP contribution < -0.4 is 5.32 Å². The highest BCUT2D eigenvalue weighted by Gasteiger charge is 2.12. The van der Waals surface area contributed by atoms with Crippen molar-refractivity contribution in [3.05, 3.63) is 66.4 Å². The van der Waals surface area contributed by atoms with E-state index in [0.29, 0.717) is 17.9 Å². The summed E-state index contributed by atoms with van der Waals surface area (Å²) in [5.41, 5.74) is 2.22. The molecule has 4 heterocycles. The van der Waals surface area contributed by atoms with Crippen LogP contribution in [0.4, 0.5) is 0 Å². The first-order valence-electron chi connectivity index (χ1n) is 8.68. The Morgan fingerprint density at radius 2 is 2.04 bits per heavy atom. The first-order chi connectivity index (χ1) is 13.1. The molecule has 0 radical (unpaired) electrons. The molecule has 0 aliphatic carbocycles. The molecule has 0 atom stereocenters. The molecule has 4 aromatic heterocycles. The molecular formula is C19H19N7O. The van der Waals surface area contributed by atoms with Gasteiger partial charge in [0, 0.05) is 42.8 Å². The van der Waals surface area contributed by atoms with Crippen LogP contribution in [0.3, 0.4) is 0 Å². The molecule has 0 spiro atoms. The number of fused-ring (bicyclic) bond motifs is 1. The summed E-state index contributed by atoms with van der Waals surface area (Å²) < 4.78 is 3.51. The van der Waals surface area contributed by atoms with Gasteiger partial charge in [-0.2, -0.15) is 10.2 Å². The van der Waals surface area contributed by atoms with Crippen LogP contribution in [-0.2, 0) is 6.54 Å². The van der Waals surface area contributed by atoms with E-state index in [0.717, 1.165) is 16.6 Å². The summed E-state index contributed by atoms with van der Waals surface area (Å²) in [5, 5.41) is 12.3. The lowest BCUT2D eigenvalue weighted by atomic mass is 10.2. The predicted octanol–water partition coefficient (Wildman–Crippen LogP) is 2.52. The summed E-state index contributed by atoms with van der Waals surface area (Å²) in [6.07, 6.45) is 8.54. The van der Waals surface area contributed by atoms with Crippen LogP contribution in [0.5, 0.6) is 0 Å². The molecule has 0 saturated heterocycles. The number of aromatic nitrogens is 6. The predicted molar refractivity (Wildman–Crippen MR) is 100 cm³/mol. The van der Waals surface area contributed by atoms with Gasteiger partial charge in [-0.05, 0) is 43.7 Å². The molecule has 8 heteroatoms. The summed E-state index contributed by atoms with van der Waals surface area (Å²) in [4.78, 5) is 21.2. The van der Waals surface area contributed by atoms with Gasteiger partial charge in [0.05, 0.1) is 11.8 Å². The van der Waals surface area contributed by atoms with Gasteiger partial charge in [-0.3, -0.25) is 4.79 Å². The molecule has 1 amide bonds. The summed E-state index contributed by atoms with van der Waals surface area (Å²) in [6, 6.07) is 7.61. The SMILES string of the molecule is CC(C)n1ncc2cc(C(=O)NCc3ccnc(-n4cccn4)c3)cnc21. The highest BCUT2D eigenvalue weighted by Crippen LogP contribution is 2.16. The molecular weight excluding hydrogens is 342 g/mol. The maximum absolute atomic E-state index is 12.5. The molecule has 136 valence electrons. The molecule has 0 aliphatic rings. The van der Waals surface area contributed by atoms with Crippen LogP contribution in [0.1, 0.15) is 35.8 Å². The maximum Gasteiger partial charge on any atom is 0.253 e. The normalized spacial score (nSPS) is 11.2. The number of carbonyl (C=O) groups is 1. The number of hydrogen-bond acceptors (Lipinski definition) is 5. The Morgan fingerprint density at radius 3 is 2.81 bits per heavy atom. The monoisotopic (exact) mass is 361 g/mol. The minimum atomic E-state index is -0.181. The van der Waals surface area contributed by atoms with Gasteiger partial charge < -0.3 is 5.32 Å². The molecule has 1 N–H and O–H groups in total. The second-order valence-corrected chi connectivity index (χ2v) is 6.48. The summed E-state index contributed by atoms with van der Waals surface area (Å²) in [6.45, 7) is 4.47. The van der Waals surface area contributed by atoms with E-state index in [4.69, 9.17) is 0 Å². The van der Waals surface area contributed by atoms with Crippen molar-refractivity contribution >= 4 is 16.9 Å². The molecule has 0 saturated carbocycles. The molecule has 0 bridgehead atoms. The Kier molecular flexibility index (Phi) is 4.37. The largest absolute Gasteiger partial charge is 0.348 e. The van der Waals surface area contributed by atoms with Crippen molar-refractivity contribution in [3.8, 4) is 5.82 Å². The molecule has 0 unspecified atom stereocenters. The molecule has 8 nitrogen and oxygen atoms in total. The topological polar surface area (TPSA) is 90.5 Å². The highest BCUT2D eigenvalue weighted by molar-refractivity contribution is 5.96. The third kappa shape index (κ3) is 3.41. The maximum atomic E-state index is 12.5. The standard InChI is InChI=1S/C19H19N7O/c1-13(2)26-18-15(12-24-26)9-16(11-21-18)19(27)22-10-14-4-6-20-17(8-14)25-7-3-5-23-25/h3-9,11-13H,10H2,1-2H3,(H,22,27). The Balaban J connectivity index is 1.48. The van der Waals surface area contributed by atoms with Crippen molar-refractivity contribution in [2.45, 2.75) is 26.4 Å². The number of amides is 1. The minimum absolute atomic E-state index is 0.181. The Bertz CT molecular complexity index is 1080. The summed E-state index contributed by atoms with van der Waals surface area (Å²) in [5.74, 6) is 0.523. The van der Waals surface area contributed by atoms with E-state index >= 15 is 0 Å². The van der Waals surface area contributed by atoms with Gasteiger partial charge in [0.25, 0.3) is 5.91 Å². The van der Waals surface area contributed by atoms with Gasteiger partial charge in [-0.25, -0.2) is 19.3 Å².